The van der Waals surface area contributed by atoms with Gasteiger partial charge in [-0.3, -0.25) is 4.79 Å². The summed E-state index contributed by atoms with van der Waals surface area (Å²) in [5.41, 5.74) is 0.885. The van der Waals surface area contributed by atoms with Gasteiger partial charge in [-0.05, 0) is 51.6 Å². The van der Waals surface area contributed by atoms with Crippen molar-refractivity contribution in [1.82, 2.24) is 15.6 Å². The first-order chi connectivity index (χ1) is 9.56. The van der Waals surface area contributed by atoms with Gasteiger partial charge in [0.1, 0.15) is 5.76 Å². The van der Waals surface area contributed by atoms with E-state index in [-0.39, 0.29) is 5.91 Å². The Balaban J connectivity index is 1.74. The molecule has 2 unspecified atom stereocenters. The minimum Gasteiger partial charge on any atom is -0.444 e. The van der Waals surface area contributed by atoms with E-state index in [1.807, 2.05) is 13.8 Å². The minimum atomic E-state index is 0.0802. The van der Waals surface area contributed by atoms with Gasteiger partial charge < -0.3 is 15.1 Å². The average Bonchev–Trinajstić information content (AvgIpc) is 2.76. The number of piperidine rings is 1. The number of aryl methyl sites for hydroxylation is 2. The zero-order chi connectivity index (χ0) is 14.5. The van der Waals surface area contributed by atoms with Gasteiger partial charge >= 0.3 is 0 Å². The van der Waals surface area contributed by atoms with Crippen LogP contribution in [0.3, 0.4) is 0 Å². The summed E-state index contributed by atoms with van der Waals surface area (Å²) in [4.78, 5) is 16.2. The van der Waals surface area contributed by atoms with Gasteiger partial charge in [-0.1, -0.05) is 6.92 Å². The van der Waals surface area contributed by atoms with Gasteiger partial charge in [0.05, 0.1) is 12.2 Å². The second-order valence-electron chi connectivity index (χ2n) is 5.81. The fraction of sp³-hybridized carbons (Fsp3) is 0.733. The molecular weight excluding hydrogens is 254 g/mol. The highest BCUT2D eigenvalue weighted by molar-refractivity contribution is 5.76. The van der Waals surface area contributed by atoms with Crippen LogP contribution in [0, 0.1) is 25.7 Å². The van der Waals surface area contributed by atoms with Gasteiger partial charge in [-0.25, -0.2) is 4.98 Å². The second-order valence-corrected chi connectivity index (χ2v) is 5.81. The molecule has 0 radical (unpaired) electrons. The van der Waals surface area contributed by atoms with Gasteiger partial charge in [0, 0.05) is 6.42 Å². The van der Waals surface area contributed by atoms with E-state index in [1.165, 1.54) is 12.8 Å². The third-order valence-electron chi connectivity index (χ3n) is 4.16. The molecule has 0 aliphatic carbocycles. The molecule has 112 valence electrons. The van der Waals surface area contributed by atoms with Crippen LogP contribution >= 0.6 is 0 Å². The molecule has 1 aromatic rings. The summed E-state index contributed by atoms with van der Waals surface area (Å²) in [7, 11) is 0. The molecule has 5 heteroatoms. The Morgan fingerprint density at radius 3 is 2.95 bits per heavy atom. The maximum absolute atomic E-state index is 12.0. The predicted molar refractivity (Wildman–Crippen MR) is 77.2 cm³/mol. The number of carbonyl (C=O) groups excluding carboxylic acids is 1. The van der Waals surface area contributed by atoms with Crippen molar-refractivity contribution >= 4 is 5.91 Å². The van der Waals surface area contributed by atoms with Gasteiger partial charge in [-0.2, -0.15) is 0 Å². The monoisotopic (exact) mass is 279 g/mol. The van der Waals surface area contributed by atoms with Gasteiger partial charge in [0.2, 0.25) is 11.8 Å². The summed E-state index contributed by atoms with van der Waals surface area (Å²) in [6.45, 7) is 8.47. The minimum absolute atomic E-state index is 0.0802. The Morgan fingerprint density at radius 1 is 1.55 bits per heavy atom. The number of hydrogen-bond donors (Lipinski definition) is 2. The van der Waals surface area contributed by atoms with Crippen LogP contribution in [0.1, 0.15) is 43.5 Å². The van der Waals surface area contributed by atoms with Gasteiger partial charge in [0.15, 0.2) is 0 Å². The number of carbonyl (C=O) groups is 1. The Labute approximate surface area is 120 Å². The molecule has 1 fully saturated rings. The van der Waals surface area contributed by atoms with E-state index in [0.29, 0.717) is 30.7 Å². The van der Waals surface area contributed by atoms with Crippen molar-refractivity contribution < 1.29 is 9.21 Å². The number of nitrogens with zero attached hydrogens (tertiary/aromatic N) is 1. The van der Waals surface area contributed by atoms with Crippen molar-refractivity contribution in [1.29, 1.82) is 0 Å². The van der Waals surface area contributed by atoms with Crippen molar-refractivity contribution in [2.45, 2.75) is 46.6 Å². The molecule has 2 atom stereocenters. The van der Waals surface area contributed by atoms with Crippen LogP contribution in [-0.4, -0.2) is 24.0 Å². The number of oxazole rings is 1. The molecule has 1 amide bonds. The topological polar surface area (TPSA) is 67.2 Å². The Kier molecular flexibility index (Phi) is 5.17. The van der Waals surface area contributed by atoms with Crippen molar-refractivity contribution in [3.05, 3.63) is 17.3 Å². The average molecular weight is 279 g/mol. The van der Waals surface area contributed by atoms with E-state index in [4.69, 9.17) is 4.42 Å². The summed E-state index contributed by atoms with van der Waals surface area (Å²) in [5, 5.41) is 6.29. The van der Waals surface area contributed by atoms with Crippen LogP contribution in [0.5, 0.6) is 0 Å². The lowest BCUT2D eigenvalue weighted by atomic mass is 9.85. The summed E-state index contributed by atoms with van der Waals surface area (Å²) < 4.78 is 5.45. The molecule has 1 aliphatic heterocycles. The van der Waals surface area contributed by atoms with Gasteiger partial charge in [0.25, 0.3) is 0 Å². The molecule has 2 heterocycles. The molecule has 1 aliphatic rings. The maximum atomic E-state index is 12.0. The van der Waals surface area contributed by atoms with Gasteiger partial charge in [-0.15, -0.1) is 0 Å². The third-order valence-corrected chi connectivity index (χ3v) is 4.16. The molecular formula is C15H25N3O2. The summed E-state index contributed by atoms with van der Waals surface area (Å²) in [6.07, 6.45) is 3.01. The first kappa shape index (κ1) is 15.0. The molecule has 2 N–H and O–H groups in total. The van der Waals surface area contributed by atoms with Crippen molar-refractivity contribution in [3.63, 3.8) is 0 Å². The first-order valence-electron chi connectivity index (χ1n) is 7.46. The lowest BCUT2D eigenvalue weighted by Crippen LogP contribution is -2.35. The van der Waals surface area contributed by atoms with E-state index in [9.17, 15) is 4.79 Å². The predicted octanol–water partition coefficient (Wildman–Crippen LogP) is 1.93. The second kappa shape index (κ2) is 6.88. The molecule has 2 rings (SSSR count). The molecule has 0 bridgehead atoms. The number of nitrogens with one attached hydrogen (secondary N) is 2. The molecule has 5 nitrogen and oxygen atoms in total. The normalized spacial score (nSPS) is 20.6. The Bertz CT molecular complexity index is 430. The number of hydrogen-bond acceptors (Lipinski definition) is 4. The summed E-state index contributed by atoms with van der Waals surface area (Å²) >= 11 is 0. The van der Waals surface area contributed by atoms with Crippen LogP contribution in [0.2, 0.25) is 0 Å². The lowest BCUT2D eigenvalue weighted by molar-refractivity contribution is -0.122. The standard InChI is InChI=1S/C15H25N3O2/c1-10(13-5-4-6-16-8-13)7-14(19)17-9-15-18-11(2)12(3)20-15/h10,13,16H,4-9H2,1-3H3,(H,17,19). The largest absolute Gasteiger partial charge is 0.444 e. The Morgan fingerprint density at radius 2 is 2.35 bits per heavy atom. The smallest absolute Gasteiger partial charge is 0.220 e. The lowest BCUT2D eigenvalue weighted by Gasteiger charge is -2.27. The highest BCUT2D eigenvalue weighted by atomic mass is 16.4. The zero-order valence-corrected chi connectivity index (χ0v) is 12.7. The molecule has 20 heavy (non-hydrogen) atoms. The molecule has 1 aromatic heterocycles. The molecule has 0 aromatic carbocycles. The summed E-state index contributed by atoms with van der Waals surface area (Å²) in [5.74, 6) is 2.50. The van der Waals surface area contributed by atoms with E-state index < -0.39 is 0 Å². The van der Waals surface area contributed by atoms with Crippen LogP contribution in [-0.2, 0) is 11.3 Å². The number of amides is 1. The molecule has 0 spiro atoms. The fourth-order valence-corrected chi connectivity index (χ4v) is 2.68. The molecule has 0 saturated carbocycles. The van der Waals surface area contributed by atoms with E-state index in [2.05, 4.69) is 22.5 Å². The SMILES string of the molecule is Cc1nc(CNC(=O)CC(C)C2CCCNC2)oc1C. The summed E-state index contributed by atoms with van der Waals surface area (Å²) in [6, 6.07) is 0. The van der Waals surface area contributed by atoms with E-state index in [0.717, 1.165) is 24.5 Å². The van der Waals surface area contributed by atoms with Crippen LogP contribution in [0.4, 0.5) is 0 Å². The Hall–Kier alpha value is -1.36. The molecule has 1 saturated heterocycles. The number of rotatable bonds is 5. The first-order valence-corrected chi connectivity index (χ1v) is 7.46. The maximum Gasteiger partial charge on any atom is 0.220 e. The third kappa shape index (κ3) is 4.07. The van der Waals surface area contributed by atoms with E-state index >= 15 is 0 Å². The number of aromatic nitrogens is 1. The van der Waals surface area contributed by atoms with Crippen molar-refractivity contribution in [2.24, 2.45) is 11.8 Å². The van der Waals surface area contributed by atoms with Crippen molar-refractivity contribution in [2.75, 3.05) is 13.1 Å². The zero-order valence-electron chi connectivity index (χ0n) is 12.7. The van der Waals surface area contributed by atoms with Crippen LogP contribution < -0.4 is 10.6 Å². The van der Waals surface area contributed by atoms with Crippen LogP contribution in [0.25, 0.3) is 0 Å². The quantitative estimate of drug-likeness (QED) is 0.864. The van der Waals surface area contributed by atoms with Crippen LogP contribution in [0.15, 0.2) is 4.42 Å². The highest BCUT2D eigenvalue weighted by Gasteiger charge is 2.22. The fourth-order valence-electron chi connectivity index (χ4n) is 2.68. The van der Waals surface area contributed by atoms with Crippen molar-refractivity contribution in [3.8, 4) is 0 Å². The highest BCUT2D eigenvalue weighted by Crippen LogP contribution is 2.22. The van der Waals surface area contributed by atoms with E-state index in [1.54, 1.807) is 0 Å².